The Morgan fingerprint density at radius 1 is 1.25 bits per heavy atom. The van der Waals surface area contributed by atoms with Crippen molar-refractivity contribution in [2.75, 3.05) is 0 Å². The average Bonchev–Trinajstić information content (AvgIpc) is 2.17. The van der Waals surface area contributed by atoms with Gasteiger partial charge in [-0.05, 0) is 45.4 Å². The van der Waals surface area contributed by atoms with E-state index in [1.54, 1.807) is 12.1 Å². The lowest BCUT2D eigenvalue weighted by atomic mass is 10.1. The Morgan fingerprint density at radius 2 is 1.75 bits per heavy atom. The standard InChI is InChI=1S/C12H18FNOS/c1-9(14-16(15)12(2,3)4)10-5-7-11(13)8-6-10/h5-9,14H,1-4H3/t9-,16-/m0/s1. The van der Waals surface area contributed by atoms with Crippen LogP contribution in [0.1, 0.15) is 39.3 Å². The molecule has 16 heavy (non-hydrogen) atoms. The van der Waals surface area contributed by atoms with Gasteiger partial charge in [-0.25, -0.2) is 13.3 Å². The minimum Gasteiger partial charge on any atom is -0.242 e. The van der Waals surface area contributed by atoms with Crippen molar-refractivity contribution in [3.63, 3.8) is 0 Å². The van der Waals surface area contributed by atoms with E-state index in [4.69, 9.17) is 0 Å². The SMILES string of the molecule is C[C@H](N[S@@](=O)C(C)(C)C)c1ccc(F)cc1. The van der Waals surface area contributed by atoms with E-state index >= 15 is 0 Å². The number of benzene rings is 1. The minimum absolute atomic E-state index is 0.0549. The summed E-state index contributed by atoms with van der Waals surface area (Å²) in [7, 11) is -1.12. The maximum Gasteiger partial charge on any atom is 0.123 e. The van der Waals surface area contributed by atoms with Crippen molar-refractivity contribution in [3.8, 4) is 0 Å². The quantitative estimate of drug-likeness (QED) is 0.869. The summed E-state index contributed by atoms with van der Waals surface area (Å²) in [6, 6.07) is 6.17. The van der Waals surface area contributed by atoms with Gasteiger partial charge in [0, 0.05) is 6.04 Å². The molecule has 0 aliphatic carbocycles. The largest absolute Gasteiger partial charge is 0.242 e. The maximum absolute atomic E-state index is 12.7. The van der Waals surface area contributed by atoms with E-state index in [-0.39, 0.29) is 16.6 Å². The number of halogens is 1. The third-order valence-electron chi connectivity index (χ3n) is 2.21. The van der Waals surface area contributed by atoms with Crippen LogP contribution in [-0.4, -0.2) is 8.96 Å². The van der Waals surface area contributed by atoms with Crippen molar-refractivity contribution >= 4 is 11.0 Å². The normalized spacial score (nSPS) is 15.8. The number of hydrogen-bond acceptors (Lipinski definition) is 1. The molecule has 0 amide bonds. The van der Waals surface area contributed by atoms with Crippen molar-refractivity contribution in [2.45, 2.75) is 38.5 Å². The minimum atomic E-state index is -1.12. The zero-order valence-electron chi connectivity index (χ0n) is 10.1. The molecule has 0 heterocycles. The average molecular weight is 243 g/mol. The molecular weight excluding hydrogens is 225 g/mol. The van der Waals surface area contributed by atoms with Gasteiger partial charge in [-0.2, -0.15) is 0 Å². The zero-order valence-corrected chi connectivity index (χ0v) is 10.9. The summed E-state index contributed by atoms with van der Waals surface area (Å²) in [6.45, 7) is 7.64. The highest BCUT2D eigenvalue weighted by Crippen LogP contribution is 2.17. The lowest BCUT2D eigenvalue weighted by Crippen LogP contribution is -2.34. The molecule has 0 bridgehead atoms. The molecule has 1 aromatic carbocycles. The summed E-state index contributed by atoms with van der Waals surface area (Å²) in [5.41, 5.74) is 0.930. The van der Waals surface area contributed by atoms with Crippen LogP contribution in [0.4, 0.5) is 4.39 Å². The number of hydrogen-bond donors (Lipinski definition) is 1. The third kappa shape index (κ3) is 3.68. The van der Waals surface area contributed by atoms with Crippen LogP contribution in [0, 0.1) is 5.82 Å². The lowest BCUT2D eigenvalue weighted by Gasteiger charge is -2.22. The van der Waals surface area contributed by atoms with E-state index < -0.39 is 11.0 Å². The molecule has 0 saturated heterocycles. The van der Waals surface area contributed by atoms with E-state index in [1.165, 1.54) is 12.1 Å². The van der Waals surface area contributed by atoms with Gasteiger partial charge < -0.3 is 0 Å². The summed E-state index contributed by atoms with van der Waals surface area (Å²) in [6.07, 6.45) is 0. The first-order chi connectivity index (χ1) is 7.30. The van der Waals surface area contributed by atoms with Crippen molar-refractivity contribution in [3.05, 3.63) is 35.6 Å². The number of rotatable bonds is 3. The molecule has 0 radical (unpaired) electrons. The second kappa shape index (κ2) is 5.06. The Kier molecular flexibility index (Phi) is 4.21. The molecule has 2 nitrogen and oxygen atoms in total. The highest BCUT2D eigenvalue weighted by Gasteiger charge is 2.21. The van der Waals surface area contributed by atoms with E-state index in [0.717, 1.165) is 5.56 Å². The highest BCUT2D eigenvalue weighted by molar-refractivity contribution is 7.84. The Bertz CT molecular complexity index is 370. The summed E-state index contributed by atoms with van der Waals surface area (Å²) >= 11 is 0. The number of nitrogens with one attached hydrogen (secondary N) is 1. The first kappa shape index (κ1) is 13.3. The maximum atomic E-state index is 12.7. The molecular formula is C12H18FNOS. The first-order valence-electron chi connectivity index (χ1n) is 5.24. The van der Waals surface area contributed by atoms with Gasteiger partial charge in [-0.1, -0.05) is 12.1 Å². The molecule has 2 atom stereocenters. The summed E-state index contributed by atoms with van der Waals surface area (Å²) in [5, 5.41) is 0. The van der Waals surface area contributed by atoms with Gasteiger partial charge in [0.15, 0.2) is 0 Å². The van der Waals surface area contributed by atoms with E-state index in [1.807, 2.05) is 27.7 Å². The Balaban J connectivity index is 2.69. The first-order valence-corrected chi connectivity index (χ1v) is 6.39. The van der Waals surface area contributed by atoms with Gasteiger partial charge in [-0.3, -0.25) is 0 Å². The monoisotopic (exact) mass is 243 g/mol. The second-order valence-electron chi connectivity index (χ2n) is 4.77. The summed E-state index contributed by atoms with van der Waals surface area (Å²) < 4.78 is 27.3. The van der Waals surface area contributed by atoms with Gasteiger partial charge in [0.05, 0.1) is 15.7 Å². The van der Waals surface area contributed by atoms with Crippen LogP contribution in [0.15, 0.2) is 24.3 Å². The van der Waals surface area contributed by atoms with Gasteiger partial charge in [0.25, 0.3) is 0 Å². The predicted molar refractivity (Wildman–Crippen MR) is 65.8 cm³/mol. The van der Waals surface area contributed by atoms with Crippen molar-refractivity contribution in [2.24, 2.45) is 0 Å². The van der Waals surface area contributed by atoms with E-state index in [0.29, 0.717) is 0 Å². The lowest BCUT2D eigenvalue weighted by molar-refractivity contribution is 0.612. The molecule has 1 rings (SSSR count). The molecule has 0 aromatic heterocycles. The van der Waals surface area contributed by atoms with Crippen LogP contribution >= 0.6 is 0 Å². The molecule has 0 saturated carbocycles. The van der Waals surface area contributed by atoms with Crippen LogP contribution in [0.3, 0.4) is 0 Å². The van der Waals surface area contributed by atoms with Crippen LogP contribution in [0.2, 0.25) is 0 Å². The Labute approximate surface area is 98.8 Å². The zero-order chi connectivity index (χ0) is 12.3. The van der Waals surface area contributed by atoms with Crippen molar-refractivity contribution in [1.82, 2.24) is 4.72 Å². The van der Waals surface area contributed by atoms with Crippen molar-refractivity contribution in [1.29, 1.82) is 0 Å². The molecule has 1 aromatic rings. The van der Waals surface area contributed by atoms with Gasteiger partial charge in [-0.15, -0.1) is 0 Å². The second-order valence-corrected chi connectivity index (χ2v) is 6.77. The third-order valence-corrected chi connectivity index (χ3v) is 3.89. The molecule has 0 unspecified atom stereocenters. The fourth-order valence-corrected chi connectivity index (χ4v) is 1.97. The highest BCUT2D eigenvalue weighted by atomic mass is 32.2. The smallest absolute Gasteiger partial charge is 0.123 e. The van der Waals surface area contributed by atoms with Crippen LogP contribution in [0.25, 0.3) is 0 Å². The van der Waals surface area contributed by atoms with E-state index in [2.05, 4.69) is 4.72 Å². The Morgan fingerprint density at radius 3 is 2.19 bits per heavy atom. The summed E-state index contributed by atoms with van der Waals surface area (Å²) in [5.74, 6) is -0.257. The van der Waals surface area contributed by atoms with Crippen LogP contribution in [-0.2, 0) is 11.0 Å². The van der Waals surface area contributed by atoms with Gasteiger partial charge >= 0.3 is 0 Å². The van der Waals surface area contributed by atoms with Crippen molar-refractivity contribution < 1.29 is 8.60 Å². The predicted octanol–water partition coefficient (Wildman–Crippen LogP) is 2.94. The molecule has 0 aliphatic rings. The Hall–Kier alpha value is -0.740. The van der Waals surface area contributed by atoms with Gasteiger partial charge in [0.2, 0.25) is 0 Å². The molecule has 4 heteroatoms. The summed E-state index contributed by atoms with van der Waals surface area (Å²) in [4.78, 5) is 0. The van der Waals surface area contributed by atoms with E-state index in [9.17, 15) is 8.60 Å². The fourth-order valence-electron chi connectivity index (χ4n) is 1.16. The molecule has 0 fully saturated rings. The molecule has 0 spiro atoms. The van der Waals surface area contributed by atoms with Crippen LogP contribution in [0.5, 0.6) is 0 Å². The fraction of sp³-hybridized carbons (Fsp3) is 0.500. The molecule has 90 valence electrons. The molecule has 0 aliphatic heterocycles. The topological polar surface area (TPSA) is 29.1 Å². The molecule has 1 N–H and O–H groups in total. The van der Waals surface area contributed by atoms with Gasteiger partial charge in [0.1, 0.15) is 5.82 Å². The van der Waals surface area contributed by atoms with Crippen LogP contribution < -0.4 is 4.72 Å².